The molecule has 0 radical (unpaired) electrons. The molecule has 0 spiro atoms. The number of benzene rings is 1. The predicted molar refractivity (Wildman–Crippen MR) is 86.0 cm³/mol. The Labute approximate surface area is 126 Å². The van der Waals surface area contributed by atoms with E-state index in [4.69, 9.17) is 5.73 Å². The molecular formula is C16H26FN3O. The highest BCUT2D eigenvalue weighted by atomic mass is 19.1. The summed E-state index contributed by atoms with van der Waals surface area (Å²) in [5.74, 6) is -0.680. The van der Waals surface area contributed by atoms with Gasteiger partial charge in [-0.1, -0.05) is 20.8 Å². The highest BCUT2D eigenvalue weighted by Gasteiger charge is 2.27. The van der Waals surface area contributed by atoms with Crippen molar-refractivity contribution in [2.75, 3.05) is 17.3 Å². The van der Waals surface area contributed by atoms with Gasteiger partial charge in [0.2, 0.25) is 5.91 Å². The van der Waals surface area contributed by atoms with Gasteiger partial charge < -0.3 is 16.0 Å². The molecule has 1 aromatic carbocycles. The third-order valence-electron chi connectivity index (χ3n) is 3.59. The van der Waals surface area contributed by atoms with E-state index in [1.165, 1.54) is 6.07 Å². The number of carbonyl (C=O) groups excluding carboxylic acids is 1. The number of carbonyl (C=O) groups is 1. The first-order chi connectivity index (χ1) is 9.54. The number of anilines is 2. The molecule has 5 heteroatoms. The fraction of sp³-hybridized carbons (Fsp3) is 0.562. The minimum absolute atomic E-state index is 0.189. The lowest BCUT2D eigenvalue weighted by atomic mass is 9.87. The fourth-order valence-electron chi connectivity index (χ4n) is 1.76. The Bertz CT molecular complexity index is 509. The number of rotatable bonds is 4. The lowest BCUT2D eigenvalue weighted by molar-refractivity contribution is -0.119. The largest absolute Gasteiger partial charge is 0.370 e. The molecule has 0 saturated carbocycles. The second kappa shape index (κ2) is 6.43. The Morgan fingerprint density at radius 1 is 1.33 bits per heavy atom. The average Bonchev–Trinajstić information content (AvgIpc) is 2.35. The van der Waals surface area contributed by atoms with Crippen LogP contribution in [0.5, 0.6) is 0 Å². The number of nitrogens with one attached hydrogen (secondary N) is 1. The molecule has 0 saturated heterocycles. The van der Waals surface area contributed by atoms with Crippen molar-refractivity contribution in [1.82, 2.24) is 0 Å². The molecule has 0 aliphatic heterocycles. The van der Waals surface area contributed by atoms with E-state index in [1.54, 1.807) is 12.1 Å². The van der Waals surface area contributed by atoms with Crippen LogP contribution in [-0.4, -0.2) is 25.0 Å². The topological polar surface area (TPSA) is 58.4 Å². The number of hydrogen-bond donors (Lipinski definition) is 2. The van der Waals surface area contributed by atoms with Crippen molar-refractivity contribution < 1.29 is 9.18 Å². The Kier molecular flexibility index (Phi) is 5.34. The van der Waals surface area contributed by atoms with Crippen LogP contribution in [-0.2, 0) is 4.79 Å². The molecule has 0 aliphatic rings. The zero-order valence-electron chi connectivity index (χ0n) is 13.7. The van der Waals surface area contributed by atoms with Gasteiger partial charge in [-0.2, -0.15) is 0 Å². The van der Waals surface area contributed by atoms with Gasteiger partial charge in [-0.25, -0.2) is 4.39 Å². The van der Waals surface area contributed by atoms with Gasteiger partial charge in [0.25, 0.3) is 0 Å². The van der Waals surface area contributed by atoms with Crippen LogP contribution >= 0.6 is 0 Å². The molecule has 1 rings (SSSR count). The van der Waals surface area contributed by atoms with E-state index in [1.807, 2.05) is 46.6 Å². The molecule has 1 amide bonds. The standard InChI is InChI=1S/C16H26FN3O/c1-10(2)20(6)13-8-7-11(9-12(13)17)19-15(21)14(18)16(3,4)5/h7-10,14H,18H2,1-6H3,(H,19,21)/t14-/m1/s1. The summed E-state index contributed by atoms with van der Waals surface area (Å²) in [4.78, 5) is 13.9. The smallest absolute Gasteiger partial charge is 0.241 e. The SMILES string of the molecule is CC(C)N(C)c1ccc(NC(=O)[C@@H](N)C(C)(C)C)cc1F. The monoisotopic (exact) mass is 295 g/mol. The van der Waals surface area contributed by atoms with Gasteiger partial charge in [0.15, 0.2) is 0 Å². The van der Waals surface area contributed by atoms with Crippen molar-refractivity contribution in [3.63, 3.8) is 0 Å². The summed E-state index contributed by atoms with van der Waals surface area (Å²) in [6.07, 6.45) is 0. The van der Waals surface area contributed by atoms with Crippen molar-refractivity contribution in [3.05, 3.63) is 24.0 Å². The van der Waals surface area contributed by atoms with E-state index >= 15 is 0 Å². The number of nitrogens with zero attached hydrogens (tertiary/aromatic N) is 1. The van der Waals surface area contributed by atoms with E-state index in [9.17, 15) is 9.18 Å². The second-order valence-corrected chi connectivity index (χ2v) is 6.70. The molecule has 1 atom stereocenters. The molecule has 0 unspecified atom stereocenters. The van der Waals surface area contributed by atoms with Gasteiger partial charge in [0, 0.05) is 18.8 Å². The van der Waals surface area contributed by atoms with Crippen LogP contribution in [0.3, 0.4) is 0 Å². The van der Waals surface area contributed by atoms with Crippen LogP contribution in [0.15, 0.2) is 18.2 Å². The van der Waals surface area contributed by atoms with Gasteiger partial charge in [-0.15, -0.1) is 0 Å². The third-order valence-corrected chi connectivity index (χ3v) is 3.59. The third kappa shape index (κ3) is 4.43. The molecule has 0 aromatic heterocycles. The summed E-state index contributed by atoms with van der Waals surface area (Å²) in [6.45, 7) is 9.63. The molecule has 1 aromatic rings. The van der Waals surface area contributed by atoms with Crippen LogP contribution < -0.4 is 16.0 Å². The quantitative estimate of drug-likeness (QED) is 0.898. The molecular weight excluding hydrogens is 269 g/mol. The van der Waals surface area contributed by atoms with Gasteiger partial charge in [-0.05, 0) is 37.5 Å². The normalized spacial score (nSPS) is 13.2. The molecule has 4 nitrogen and oxygen atoms in total. The summed E-state index contributed by atoms with van der Waals surface area (Å²) >= 11 is 0. The van der Waals surface area contributed by atoms with Gasteiger partial charge in [0.05, 0.1) is 11.7 Å². The zero-order chi connectivity index (χ0) is 16.4. The summed E-state index contributed by atoms with van der Waals surface area (Å²) in [5.41, 5.74) is 6.45. The highest BCUT2D eigenvalue weighted by molar-refractivity contribution is 5.95. The number of hydrogen-bond acceptors (Lipinski definition) is 3. The van der Waals surface area contributed by atoms with Crippen LogP contribution in [0.2, 0.25) is 0 Å². The predicted octanol–water partition coefficient (Wildman–Crippen LogP) is 2.98. The van der Waals surface area contributed by atoms with Crippen molar-refractivity contribution in [2.45, 2.75) is 46.7 Å². The average molecular weight is 295 g/mol. The minimum atomic E-state index is -0.654. The lowest BCUT2D eigenvalue weighted by Gasteiger charge is -2.26. The highest BCUT2D eigenvalue weighted by Crippen LogP contribution is 2.24. The molecule has 118 valence electrons. The van der Waals surface area contributed by atoms with Gasteiger partial charge in [0.1, 0.15) is 5.82 Å². The summed E-state index contributed by atoms with van der Waals surface area (Å²) in [7, 11) is 1.83. The first-order valence-corrected chi connectivity index (χ1v) is 7.13. The van der Waals surface area contributed by atoms with Crippen molar-refractivity contribution in [1.29, 1.82) is 0 Å². The summed E-state index contributed by atoms with van der Waals surface area (Å²) in [6, 6.07) is 4.20. The Morgan fingerprint density at radius 2 is 1.90 bits per heavy atom. The zero-order valence-corrected chi connectivity index (χ0v) is 13.7. The first-order valence-electron chi connectivity index (χ1n) is 7.13. The van der Waals surface area contributed by atoms with Crippen molar-refractivity contribution >= 4 is 17.3 Å². The Hall–Kier alpha value is -1.62. The van der Waals surface area contributed by atoms with Crippen LogP contribution in [0, 0.1) is 11.2 Å². The fourth-order valence-corrected chi connectivity index (χ4v) is 1.76. The summed E-state index contributed by atoms with van der Waals surface area (Å²) in [5, 5.41) is 2.66. The van der Waals surface area contributed by atoms with E-state index in [-0.39, 0.29) is 23.2 Å². The number of nitrogens with two attached hydrogens (primary N) is 1. The maximum absolute atomic E-state index is 14.1. The molecule has 3 N–H and O–H groups in total. The van der Waals surface area contributed by atoms with Gasteiger partial charge in [-0.3, -0.25) is 4.79 Å². The molecule has 21 heavy (non-hydrogen) atoms. The second-order valence-electron chi connectivity index (χ2n) is 6.70. The van der Waals surface area contributed by atoms with E-state index in [0.717, 1.165) is 0 Å². The van der Waals surface area contributed by atoms with E-state index in [2.05, 4.69) is 5.32 Å². The molecule has 0 aliphatic carbocycles. The molecule has 0 fully saturated rings. The van der Waals surface area contributed by atoms with E-state index in [0.29, 0.717) is 11.4 Å². The van der Waals surface area contributed by atoms with Gasteiger partial charge >= 0.3 is 0 Å². The molecule has 0 bridgehead atoms. The minimum Gasteiger partial charge on any atom is -0.370 e. The summed E-state index contributed by atoms with van der Waals surface area (Å²) < 4.78 is 14.1. The van der Waals surface area contributed by atoms with Crippen molar-refractivity contribution in [2.24, 2.45) is 11.1 Å². The maximum Gasteiger partial charge on any atom is 0.241 e. The van der Waals surface area contributed by atoms with E-state index < -0.39 is 6.04 Å². The van der Waals surface area contributed by atoms with Crippen LogP contribution in [0.25, 0.3) is 0 Å². The number of amides is 1. The first kappa shape index (κ1) is 17.4. The number of halogens is 1. The van der Waals surface area contributed by atoms with Crippen LogP contribution in [0.4, 0.5) is 15.8 Å². The van der Waals surface area contributed by atoms with Crippen LogP contribution in [0.1, 0.15) is 34.6 Å². The maximum atomic E-state index is 14.1. The van der Waals surface area contributed by atoms with Crippen molar-refractivity contribution in [3.8, 4) is 0 Å². The lowest BCUT2D eigenvalue weighted by Crippen LogP contribution is -2.45. The Balaban J connectivity index is 2.88. The Morgan fingerprint density at radius 3 is 2.33 bits per heavy atom. The molecule has 0 heterocycles.